The molecule has 0 atom stereocenters. The molecule has 0 unspecified atom stereocenters. The lowest BCUT2D eigenvalue weighted by atomic mass is 10.3. The fourth-order valence-electron chi connectivity index (χ4n) is 1.23. The third-order valence-corrected chi connectivity index (χ3v) is 3.19. The monoisotopic (exact) mass is 286 g/mol. The summed E-state index contributed by atoms with van der Waals surface area (Å²) in [5.41, 5.74) is 0.241. The molecule has 0 saturated heterocycles. The van der Waals surface area contributed by atoms with Crippen molar-refractivity contribution in [3.8, 4) is 0 Å². The Morgan fingerprint density at radius 1 is 1.56 bits per heavy atom. The van der Waals surface area contributed by atoms with E-state index in [1.165, 1.54) is 25.4 Å². The van der Waals surface area contributed by atoms with E-state index >= 15 is 0 Å². The van der Waals surface area contributed by atoms with Gasteiger partial charge in [0, 0.05) is 5.02 Å². The maximum atomic E-state index is 13.5. The molecule has 1 N–H and O–H groups in total. The molecule has 0 saturated carbocycles. The van der Waals surface area contributed by atoms with Crippen LogP contribution in [0.15, 0.2) is 24.4 Å². The van der Waals surface area contributed by atoms with Crippen molar-refractivity contribution in [3.63, 3.8) is 0 Å². The molecule has 1 heterocycles. The third-order valence-electron chi connectivity index (χ3n) is 2.07. The summed E-state index contributed by atoms with van der Waals surface area (Å²) in [4.78, 5) is 15.5. The molecule has 4 nitrogen and oxygen atoms in total. The zero-order valence-electron chi connectivity index (χ0n) is 9.24. The lowest BCUT2D eigenvalue weighted by Crippen LogP contribution is -1.96. The number of rotatable bonds is 3. The van der Waals surface area contributed by atoms with Gasteiger partial charge in [0.25, 0.3) is 0 Å². The number of aromatic nitrogens is 1. The fraction of sp³-hybridized carbons (Fsp3) is 0.0909. The maximum Gasteiger partial charge on any atom is 0.349 e. The van der Waals surface area contributed by atoms with E-state index in [-0.39, 0.29) is 5.69 Å². The zero-order valence-corrected chi connectivity index (χ0v) is 10.8. The number of halogens is 2. The molecule has 0 spiro atoms. The van der Waals surface area contributed by atoms with Crippen LogP contribution in [-0.2, 0) is 4.74 Å². The molecule has 2 aromatic rings. The topological polar surface area (TPSA) is 51.2 Å². The molecule has 7 heteroatoms. The number of benzene rings is 1. The molecule has 0 bridgehead atoms. The lowest BCUT2D eigenvalue weighted by Gasteiger charge is -2.03. The van der Waals surface area contributed by atoms with Crippen molar-refractivity contribution in [2.75, 3.05) is 12.4 Å². The Morgan fingerprint density at radius 3 is 3.00 bits per heavy atom. The van der Waals surface area contributed by atoms with Gasteiger partial charge in [0.05, 0.1) is 19.0 Å². The summed E-state index contributed by atoms with van der Waals surface area (Å²) in [5, 5.41) is 3.48. The van der Waals surface area contributed by atoms with Gasteiger partial charge in [-0.05, 0) is 18.2 Å². The average molecular weight is 287 g/mol. The Morgan fingerprint density at radius 2 is 2.33 bits per heavy atom. The first-order valence-electron chi connectivity index (χ1n) is 4.86. The molecule has 0 fully saturated rings. The molecule has 0 amide bonds. The minimum atomic E-state index is -0.489. The van der Waals surface area contributed by atoms with Crippen LogP contribution in [0, 0.1) is 5.82 Å². The molecule has 1 aromatic heterocycles. The maximum absolute atomic E-state index is 13.5. The van der Waals surface area contributed by atoms with Gasteiger partial charge >= 0.3 is 5.97 Å². The zero-order chi connectivity index (χ0) is 13.1. The number of anilines is 2. The van der Waals surface area contributed by atoms with E-state index in [0.29, 0.717) is 15.0 Å². The molecular formula is C11H8ClFN2O2S. The summed E-state index contributed by atoms with van der Waals surface area (Å²) in [6, 6.07) is 4.25. The van der Waals surface area contributed by atoms with Crippen molar-refractivity contribution in [1.82, 2.24) is 4.98 Å². The number of ether oxygens (including phenoxy) is 1. The molecule has 0 aliphatic carbocycles. The van der Waals surface area contributed by atoms with E-state index < -0.39 is 11.8 Å². The number of hydrogen-bond acceptors (Lipinski definition) is 5. The predicted molar refractivity (Wildman–Crippen MR) is 68.1 cm³/mol. The van der Waals surface area contributed by atoms with Crippen LogP contribution in [-0.4, -0.2) is 18.1 Å². The van der Waals surface area contributed by atoms with Crippen molar-refractivity contribution in [2.45, 2.75) is 0 Å². The highest BCUT2D eigenvalue weighted by molar-refractivity contribution is 7.17. The molecule has 18 heavy (non-hydrogen) atoms. The van der Waals surface area contributed by atoms with E-state index in [1.54, 1.807) is 6.07 Å². The number of thiazole rings is 1. The number of nitrogens with one attached hydrogen (secondary N) is 1. The molecular weight excluding hydrogens is 279 g/mol. The molecule has 0 aliphatic heterocycles. The molecule has 2 rings (SSSR count). The molecule has 0 radical (unpaired) electrons. The summed E-state index contributed by atoms with van der Waals surface area (Å²) < 4.78 is 18.1. The van der Waals surface area contributed by atoms with Gasteiger partial charge in [0.1, 0.15) is 10.7 Å². The van der Waals surface area contributed by atoms with E-state index in [2.05, 4.69) is 15.0 Å². The second-order valence-corrected chi connectivity index (χ2v) is 4.74. The largest absolute Gasteiger partial charge is 0.465 e. The number of carbonyl (C=O) groups is 1. The summed E-state index contributed by atoms with van der Waals surface area (Å²) >= 11 is 6.72. The van der Waals surface area contributed by atoms with Crippen molar-refractivity contribution in [3.05, 3.63) is 40.1 Å². The number of esters is 1. The van der Waals surface area contributed by atoms with Crippen molar-refractivity contribution >= 4 is 39.7 Å². The Kier molecular flexibility index (Phi) is 3.78. The van der Waals surface area contributed by atoms with Crippen LogP contribution in [0.25, 0.3) is 0 Å². The summed E-state index contributed by atoms with van der Waals surface area (Å²) in [6.07, 6.45) is 1.37. The minimum Gasteiger partial charge on any atom is -0.465 e. The van der Waals surface area contributed by atoms with Gasteiger partial charge in [-0.25, -0.2) is 14.2 Å². The van der Waals surface area contributed by atoms with Gasteiger partial charge in [-0.15, -0.1) is 0 Å². The Hall–Kier alpha value is -1.66. The molecule has 1 aromatic carbocycles. The van der Waals surface area contributed by atoms with Crippen molar-refractivity contribution in [1.29, 1.82) is 0 Å². The summed E-state index contributed by atoms with van der Waals surface area (Å²) in [6.45, 7) is 0. The minimum absolute atomic E-state index is 0.241. The second-order valence-electron chi connectivity index (χ2n) is 3.27. The van der Waals surface area contributed by atoms with Gasteiger partial charge in [0.2, 0.25) is 0 Å². The molecule has 94 valence electrons. The highest BCUT2D eigenvalue weighted by Gasteiger charge is 2.11. The fourth-order valence-corrected chi connectivity index (χ4v) is 2.14. The van der Waals surface area contributed by atoms with Crippen molar-refractivity contribution < 1.29 is 13.9 Å². The van der Waals surface area contributed by atoms with Crippen LogP contribution in [0.3, 0.4) is 0 Å². The average Bonchev–Trinajstić information content (AvgIpc) is 2.80. The number of hydrogen-bond donors (Lipinski definition) is 1. The van der Waals surface area contributed by atoms with Gasteiger partial charge < -0.3 is 10.1 Å². The first-order valence-corrected chi connectivity index (χ1v) is 6.06. The quantitative estimate of drug-likeness (QED) is 0.878. The van der Waals surface area contributed by atoms with Crippen LogP contribution >= 0.6 is 22.9 Å². The first kappa shape index (κ1) is 12.8. The van der Waals surface area contributed by atoms with Crippen molar-refractivity contribution in [2.24, 2.45) is 0 Å². The predicted octanol–water partition coefficient (Wildman–Crippen LogP) is 3.47. The first-order chi connectivity index (χ1) is 8.60. The van der Waals surface area contributed by atoms with Crippen LogP contribution in [0.4, 0.5) is 15.2 Å². The standard InChI is InChI=1S/C11H8ClFN2O2S/c1-17-10(16)9-5-14-11(18-9)15-8-3-2-6(12)4-7(8)13/h2-5H,1H3,(H,14,15). The summed E-state index contributed by atoms with van der Waals surface area (Å²) in [5.74, 6) is -0.963. The number of carbonyl (C=O) groups excluding carboxylic acids is 1. The smallest absolute Gasteiger partial charge is 0.349 e. The summed E-state index contributed by atoms with van der Waals surface area (Å²) in [7, 11) is 1.29. The van der Waals surface area contributed by atoms with E-state index in [4.69, 9.17) is 11.6 Å². The van der Waals surface area contributed by atoms with Crippen LogP contribution in [0.5, 0.6) is 0 Å². The third kappa shape index (κ3) is 2.77. The van der Waals surface area contributed by atoms with E-state index in [9.17, 15) is 9.18 Å². The highest BCUT2D eigenvalue weighted by Crippen LogP contribution is 2.26. The lowest BCUT2D eigenvalue weighted by molar-refractivity contribution is 0.0606. The Labute approximate surface area is 111 Å². The van der Waals surface area contributed by atoms with Gasteiger partial charge in [0.15, 0.2) is 5.13 Å². The normalized spacial score (nSPS) is 10.2. The van der Waals surface area contributed by atoms with Gasteiger partial charge in [-0.1, -0.05) is 22.9 Å². The number of methoxy groups -OCH3 is 1. The molecule has 0 aliphatic rings. The van der Waals surface area contributed by atoms with Crippen LogP contribution < -0.4 is 5.32 Å². The second kappa shape index (κ2) is 5.32. The Bertz CT molecular complexity index is 588. The van der Waals surface area contributed by atoms with Gasteiger partial charge in [-0.3, -0.25) is 0 Å². The Balaban J connectivity index is 2.18. The highest BCUT2D eigenvalue weighted by atomic mass is 35.5. The van der Waals surface area contributed by atoms with Gasteiger partial charge in [-0.2, -0.15) is 0 Å². The van der Waals surface area contributed by atoms with E-state index in [1.807, 2.05) is 0 Å². The number of nitrogens with zero attached hydrogens (tertiary/aromatic N) is 1. The van der Waals surface area contributed by atoms with Crippen LogP contribution in [0.1, 0.15) is 9.67 Å². The SMILES string of the molecule is COC(=O)c1cnc(Nc2ccc(Cl)cc2F)s1. The van der Waals surface area contributed by atoms with E-state index in [0.717, 1.165) is 11.3 Å². The van der Waals surface area contributed by atoms with Crippen LogP contribution in [0.2, 0.25) is 5.02 Å².